The molecule has 2 saturated heterocycles. The lowest BCUT2D eigenvalue weighted by atomic mass is 9.82. The van der Waals surface area contributed by atoms with Gasteiger partial charge < -0.3 is 19.2 Å². The molecule has 1 aliphatic carbocycles. The minimum absolute atomic E-state index is 0.0245. The number of piperidine rings is 2. The Kier molecular flexibility index (Phi) is 5.05. The van der Waals surface area contributed by atoms with Crippen molar-refractivity contribution < 1.29 is 19.1 Å². The van der Waals surface area contributed by atoms with Gasteiger partial charge in [0.25, 0.3) is 5.91 Å². The fraction of sp³-hybridized carbons (Fsp3) is 0.583. The minimum Gasteiger partial charge on any atom is -0.481 e. The molecule has 4 atom stereocenters. The first kappa shape index (κ1) is 19.6. The summed E-state index contributed by atoms with van der Waals surface area (Å²) in [5.74, 6) is 0.507. The van der Waals surface area contributed by atoms with Crippen LogP contribution in [0, 0.1) is 0 Å². The van der Waals surface area contributed by atoms with E-state index in [1.165, 1.54) is 0 Å². The number of hydrogen-bond donors (Lipinski definition) is 1. The molecule has 1 aromatic carbocycles. The first-order valence-electron chi connectivity index (χ1n) is 11.3. The second-order valence-electron chi connectivity index (χ2n) is 9.08. The third kappa shape index (κ3) is 3.41. The number of ether oxygens (including phenoxy) is 1. The molecule has 1 amide bonds. The maximum Gasteiger partial charge on any atom is 0.339 e. The van der Waals surface area contributed by atoms with Crippen LogP contribution in [0.2, 0.25) is 0 Å². The highest BCUT2D eigenvalue weighted by Gasteiger charge is 2.42. The van der Waals surface area contributed by atoms with E-state index in [4.69, 9.17) is 9.15 Å². The standard InChI is InChI=1S/C24H29NO5/c1-14(23(27)25-15-5-4-6-16(25)12-17(26)11-15)29-18-9-10-20-19-7-2-3-8-21(19)24(28)30-22(20)13-18/h9-10,13-17,26H,2-8,11-12H2,1H3/t14?,15-,16+,17?. The van der Waals surface area contributed by atoms with E-state index < -0.39 is 6.10 Å². The van der Waals surface area contributed by atoms with Gasteiger partial charge in [-0.25, -0.2) is 4.79 Å². The second kappa shape index (κ2) is 7.73. The Morgan fingerprint density at radius 2 is 1.83 bits per heavy atom. The van der Waals surface area contributed by atoms with E-state index >= 15 is 0 Å². The number of amides is 1. The third-order valence-corrected chi connectivity index (χ3v) is 7.06. The number of aliphatic hydroxyl groups is 1. The van der Waals surface area contributed by atoms with Crippen LogP contribution in [0.25, 0.3) is 11.0 Å². The molecular weight excluding hydrogens is 382 g/mol. The summed E-state index contributed by atoms with van der Waals surface area (Å²) in [7, 11) is 0. The summed E-state index contributed by atoms with van der Waals surface area (Å²) in [6.45, 7) is 1.77. The largest absolute Gasteiger partial charge is 0.481 e. The molecule has 3 aliphatic rings. The quantitative estimate of drug-likeness (QED) is 0.784. The zero-order chi connectivity index (χ0) is 20.8. The van der Waals surface area contributed by atoms with E-state index in [0.29, 0.717) is 24.2 Å². The molecule has 6 nitrogen and oxygen atoms in total. The van der Waals surface area contributed by atoms with E-state index in [-0.39, 0.29) is 29.7 Å². The van der Waals surface area contributed by atoms with Crippen molar-refractivity contribution in [3.63, 3.8) is 0 Å². The summed E-state index contributed by atoms with van der Waals surface area (Å²) < 4.78 is 11.6. The van der Waals surface area contributed by atoms with Gasteiger partial charge in [-0.05, 0) is 82.4 Å². The molecule has 1 N–H and O–H groups in total. The Bertz CT molecular complexity index is 1010. The summed E-state index contributed by atoms with van der Waals surface area (Å²) in [5, 5.41) is 11.1. The molecule has 2 aromatic rings. The van der Waals surface area contributed by atoms with Crippen molar-refractivity contribution in [2.75, 3.05) is 0 Å². The number of rotatable bonds is 3. The van der Waals surface area contributed by atoms with Crippen LogP contribution in [0.1, 0.15) is 63.0 Å². The zero-order valence-electron chi connectivity index (χ0n) is 17.4. The molecule has 0 spiro atoms. The minimum atomic E-state index is -0.634. The highest BCUT2D eigenvalue weighted by molar-refractivity contribution is 5.84. The van der Waals surface area contributed by atoms with Gasteiger partial charge in [-0.1, -0.05) is 0 Å². The molecular formula is C24H29NO5. The Labute approximate surface area is 175 Å². The monoisotopic (exact) mass is 411 g/mol. The molecule has 2 unspecified atom stereocenters. The number of carbonyl (C=O) groups excluding carboxylic acids is 1. The highest BCUT2D eigenvalue weighted by Crippen LogP contribution is 2.35. The normalized spacial score (nSPS) is 26.9. The van der Waals surface area contributed by atoms with E-state index in [0.717, 1.165) is 61.5 Å². The molecule has 0 saturated carbocycles. The number of benzene rings is 1. The van der Waals surface area contributed by atoms with Crippen LogP contribution in [-0.4, -0.2) is 40.2 Å². The first-order chi connectivity index (χ1) is 14.5. The van der Waals surface area contributed by atoms with Gasteiger partial charge in [-0.3, -0.25) is 4.79 Å². The van der Waals surface area contributed by atoms with Crippen molar-refractivity contribution in [2.24, 2.45) is 0 Å². The van der Waals surface area contributed by atoms with Crippen LogP contribution in [0.4, 0.5) is 0 Å². The summed E-state index contributed by atoms with van der Waals surface area (Å²) >= 11 is 0. The van der Waals surface area contributed by atoms with Crippen molar-refractivity contribution in [1.29, 1.82) is 0 Å². The van der Waals surface area contributed by atoms with E-state index in [2.05, 4.69) is 0 Å². The Morgan fingerprint density at radius 3 is 2.57 bits per heavy atom. The van der Waals surface area contributed by atoms with Gasteiger partial charge in [0.2, 0.25) is 0 Å². The summed E-state index contributed by atoms with van der Waals surface area (Å²) in [6.07, 6.45) is 7.15. The van der Waals surface area contributed by atoms with E-state index in [1.807, 2.05) is 17.0 Å². The number of aliphatic hydroxyl groups excluding tert-OH is 1. The van der Waals surface area contributed by atoms with Crippen LogP contribution < -0.4 is 10.4 Å². The smallest absolute Gasteiger partial charge is 0.339 e. The van der Waals surface area contributed by atoms with Crippen LogP contribution in [0.3, 0.4) is 0 Å². The number of nitrogens with zero attached hydrogens (tertiary/aromatic N) is 1. The maximum atomic E-state index is 13.2. The molecule has 2 aliphatic heterocycles. The fourth-order valence-electron chi connectivity index (χ4n) is 5.68. The average Bonchev–Trinajstić information content (AvgIpc) is 2.72. The van der Waals surface area contributed by atoms with Gasteiger partial charge in [0.1, 0.15) is 11.3 Å². The van der Waals surface area contributed by atoms with Crippen LogP contribution in [-0.2, 0) is 17.6 Å². The third-order valence-electron chi connectivity index (χ3n) is 7.06. The molecule has 5 rings (SSSR count). The van der Waals surface area contributed by atoms with Crippen LogP contribution in [0.15, 0.2) is 27.4 Å². The Morgan fingerprint density at radius 1 is 1.13 bits per heavy atom. The lowest BCUT2D eigenvalue weighted by Gasteiger charge is -2.48. The van der Waals surface area contributed by atoms with E-state index in [1.54, 1.807) is 13.0 Å². The molecule has 2 fully saturated rings. The number of hydrogen-bond acceptors (Lipinski definition) is 5. The molecule has 6 heteroatoms. The number of aryl methyl sites for hydroxylation is 1. The lowest BCUT2D eigenvalue weighted by molar-refractivity contribution is -0.150. The first-order valence-corrected chi connectivity index (χ1v) is 11.3. The summed E-state index contributed by atoms with van der Waals surface area (Å²) in [5.41, 5.74) is 2.18. The van der Waals surface area contributed by atoms with Crippen molar-refractivity contribution in [3.8, 4) is 5.75 Å². The molecule has 160 valence electrons. The molecule has 1 aromatic heterocycles. The zero-order valence-corrected chi connectivity index (χ0v) is 17.4. The van der Waals surface area contributed by atoms with Gasteiger partial charge in [0.05, 0.1) is 6.10 Å². The Hall–Kier alpha value is -2.34. The molecule has 3 heterocycles. The van der Waals surface area contributed by atoms with Crippen molar-refractivity contribution >= 4 is 16.9 Å². The predicted molar refractivity (Wildman–Crippen MR) is 113 cm³/mol. The van der Waals surface area contributed by atoms with Gasteiger partial charge in [-0.15, -0.1) is 0 Å². The van der Waals surface area contributed by atoms with Crippen LogP contribution in [0.5, 0.6) is 5.75 Å². The van der Waals surface area contributed by atoms with E-state index in [9.17, 15) is 14.7 Å². The lowest BCUT2D eigenvalue weighted by Crippen LogP contribution is -2.58. The second-order valence-corrected chi connectivity index (χ2v) is 9.08. The van der Waals surface area contributed by atoms with Crippen molar-refractivity contribution in [1.82, 2.24) is 4.90 Å². The number of carbonyl (C=O) groups is 1. The average molecular weight is 411 g/mol. The van der Waals surface area contributed by atoms with Crippen molar-refractivity contribution in [2.45, 2.75) is 89.0 Å². The molecule has 2 bridgehead atoms. The molecule has 0 radical (unpaired) electrons. The Balaban J connectivity index is 1.37. The highest BCUT2D eigenvalue weighted by atomic mass is 16.5. The topological polar surface area (TPSA) is 80.0 Å². The summed E-state index contributed by atoms with van der Waals surface area (Å²) in [6, 6.07) is 5.75. The van der Waals surface area contributed by atoms with Crippen LogP contribution >= 0.6 is 0 Å². The van der Waals surface area contributed by atoms with Gasteiger partial charge in [-0.2, -0.15) is 0 Å². The summed E-state index contributed by atoms with van der Waals surface area (Å²) in [4.78, 5) is 27.5. The van der Waals surface area contributed by atoms with Gasteiger partial charge in [0, 0.05) is 29.1 Å². The SMILES string of the molecule is CC(Oc1ccc2c3c(c(=O)oc2c1)CCCC3)C(=O)N1[C@@H]2CCC[C@H]1CC(O)C2. The maximum absolute atomic E-state index is 13.2. The van der Waals surface area contributed by atoms with Gasteiger partial charge >= 0.3 is 5.63 Å². The number of fused-ring (bicyclic) bond motifs is 5. The fourth-order valence-corrected chi connectivity index (χ4v) is 5.68. The predicted octanol–water partition coefficient (Wildman–Crippen LogP) is 3.34. The molecule has 30 heavy (non-hydrogen) atoms. The van der Waals surface area contributed by atoms with Crippen molar-refractivity contribution in [3.05, 3.63) is 39.7 Å². The van der Waals surface area contributed by atoms with Gasteiger partial charge in [0.15, 0.2) is 6.10 Å².